The first-order valence-corrected chi connectivity index (χ1v) is 8.29. The average molecular weight is 300 g/mol. The fourth-order valence-electron chi connectivity index (χ4n) is 2.65. The van der Waals surface area contributed by atoms with Gasteiger partial charge >= 0.3 is 0 Å². The molecule has 0 saturated heterocycles. The van der Waals surface area contributed by atoms with Crippen LogP contribution in [0, 0.1) is 0 Å². The van der Waals surface area contributed by atoms with Crippen molar-refractivity contribution in [3.8, 4) is 5.75 Å². The van der Waals surface area contributed by atoms with Crippen molar-refractivity contribution < 1.29 is 22.1 Å². The third-order valence-electron chi connectivity index (χ3n) is 3.73. The summed E-state index contributed by atoms with van der Waals surface area (Å²) in [6, 6.07) is 5.81. The van der Waals surface area contributed by atoms with Crippen LogP contribution < -0.4 is 4.74 Å². The highest BCUT2D eigenvalue weighted by Gasteiger charge is 2.38. The van der Waals surface area contributed by atoms with E-state index in [9.17, 15) is 8.42 Å². The zero-order chi connectivity index (χ0) is 14.8. The van der Waals surface area contributed by atoms with Crippen molar-refractivity contribution in [1.82, 2.24) is 0 Å². The molecule has 0 aromatic heterocycles. The second-order valence-corrected chi connectivity index (χ2v) is 6.69. The van der Waals surface area contributed by atoms with Crippen LogP contribution in [0.25, 0.3) is 0 Å². The van der Waals surface area contributed by atoms with E-state index < -0.39 is 15.7 Å². The Morgan fingerprint density at radius 3 is 2.65 bits per heavy atom. The summed E-state index contributed by atoms with van der Waals surface area (Å²) < 4.78 is 38.4. The van der Waals surface area contributed by atoms with Gasteiger partial charge in [0.05, 0.1) is 20.0 Å². The average Bonchev–Trinajstić information content (AvgIpc) is 2.43. The van der Waals surface area contributed by atoms with Crippen molar-refractivity contribution in [1.29, 1.82) is 0 Å². The van der Waals surface area contributed by atoms with Crippen LogP contribution in [0.4, 0.5) is 0 Å². The van der Waals surface area contributed by atoms with Crippen molar-refractivity contribution >= 4 is 10.1 Å². The third-order valence-corrected chi connectivity index (χ3v) is 4.28. The quantitative estimate of drug-likeness (QED) is 0.777. The van der Waals surface area contributed by atoms with Crippen molar-refractivity contribution in [2.75, 3.05) is 27.1 Å². The lowest BCUT2D eigenvalue weighted by Crippen LogP contribution is -2.38. The second kappa shape index (κ2) is 5.71. The highest BCUT2D eigenvalue weighted by molar-refractivity contribution is 7.85. The molecule has 6 heteroatoms. The molecule has 0 radical (unpaired) electrons. The molecule has 5 nitrogen and oxygen atoms in total. The lowest BCUT2D eigenvalue weighted by atomic mass is 9.79. The SMILES string of the molecule is COc1ccc2c(c1)C(COS(C)(=O)=O)(OC)CCC2. The van der Waals surface area contributed by atoms with Crippen LogP contribution in [-0.4, -0.2) is 35.5 Å². The third kappa shape index (κ3) is 3.13. The zero-order valence-electron chi connectivity index (χ0n) is 12.0. The Kier molecular flexibility index (Phi) is 4.36. The number of aryl methyl sites for hydroxylation is 1. The first-order valence-electron chi connectivity index (χ1n) is 6.47. The van der Waals surface area contributed by atoms with Gasteiger partial charge in [0.1, 0.15) is 11.4 Å². The molecule has 0 aliphatic heterocycles. The van der Waals surface area contributed by atoms with E-state index in [1.807, 2.05) is 18.2 Å². The van der Waals surface area contributed by atoms with Crippen LogP contribution in [0.15, 0.2) is 18.2 Å². The van der Waals surface area contributed by atoms with Gasteiger partial charge in [-0.1, -0.05) is 6.07 Å². The van der Waals surface area contributed by atoms with Gasteiger partial charge in [0, 0.05) is 7.11 Å². The standard InChI is InChI=1S/C14H20O5S/c1-17-12-7-6-11-5-4-8-14(18-2,13(11)9-12)10-19-20(3,15)16/h6-7,9H,4-5,8,10H2,1-3H3. The van der Waals surface area contributed by atoms with Crippen molar-refractivity contribution in [3.63, 3.8) is 0 Å². The van der Waals surface area contributed by atoms with Crippen LogP contribution in [0.1, 0.15) is 24.0 Å². The number of hydrogen-bond acceptors (Lipinski definition) is 5. The number of hydrogen-bond donors (Lipinski definition) is 0. The normalized spacial score (nSPS) is 22.4. The molecule has 1 aliphatic carbocycles. The topological polar surface area (TPSA) is 61.8 Å². The van der Waals surface area contributed by atoms with Crippen molar-refractivity contribution in [2.24, 2.45) is 0 Å². The molecule has 0 heterocycles. The molecule has 0 bridgehead atoms. The maximum Gasteiger partial charge on any atom is 0.264 e. The van der Waals surface area contributed by atoms with Gasteiger partial charge in [-0.15, -0.1) is 0 Å². The highest BCUT2D eigenvalue weighted by Crippen LogP contribution is 2.40. The number of methoxy groups -OCH3 is 2. The van der Waals surface area contributed by atoms with Crippen LogP contribution >= 0.6 is 0 Å². The number of fused-ring (bicyclic) bond motifs is 1. The van der Waals surface area contributed by atoms with Gasteiger partial charge in [0.15, 0.2) is 0 Å². The first-order chi connectivity index (χ1) is 9.40. The van der Waals surface area contributed by atoms with Gasteiger partial charge in [-0.2, -0.15) is 8.42 Å². The molecular weight excluding hydrogens is 280 g/mol. The van der Waals surface area contributed by atoms with Gasteiger partial charge in [0.25, 0.3) is 10.1 Å². The molecule has 0 saturated carbocycles. The molecule has 1 aliphatic rings. The summed E-state index contributed by atoms with van der Waals surface area (Å²) in [5, 5.41) is 0. The Morgan fingerprint density at radius 2 is 2.05 bits per heavy atom. The summed E-state index contributed by atoms with van der Waals surface area (Å²) in [6.45, 7) is -0.0114. The monoisotopic (exact) mass is 300 g/mol. The van der Waals surface area contributed by atoms with E-state index in [1.165, 1.54) is 0 Å². The Balaban J connectivity index is 2.40. The molecule has 2 rings (SSSR count). The zero-order valence-corrected chi connectivity index (χ0v) is 12.8. The van der Waals surface area contributed by atoms with Crippen LogP contribution in [-0.2, 0) is 31.1 Å². The lowest BCUT2D eigenvalue weighted by Gasteiger charge is -2.37. The summed E-state index contributed by atoms with van der Waals surface area (Å²) in [5.74, 6) is 0.728. The van der Waals surface area contributed by atoms with E-state index in [4.69, 9.17) is 13.7 Å². The van der Waals surface area contributed by atoms with Crippen molar-refractivity contribution in [3.05, 3.63) is 29.3 Å². The second-order valence-electron chi connectivity index (χ2n) is 5.04. The number of benzene rings is 1. The molecule has 112 valence electrons. The predicted molar refractivity (Wildman–Crippen MR) is 75.4 cm³/mol. The van der Waals surface area contributed by atoms with E-state index in [0.29, 0.717) is 0 Å². The summed E-state index contributed by atoms with van der Waals surface area (Å²) in [7, 11) is -0.314. The molecule has 1 atom stereocenters. The maximum atomic E-state index is 11.3. The van der Waals surface area contributed by atoms with E-state index in [1.54, 1.807) is 14.2 Å². The minimum absolute atomic E-state index is 0.0114. The van der Waals surface area contributed by atoms with Crippen LogP contribution in [0.5, 0.6) is 5.75 Å². The van der Waals surface area contributed by atoms with Gasteiger partial charge < -0.3 is 9.47 Å². The summed E-state index contributed by atoms with van der Waals surface area (Å²) in [6.07, 6.45) is 3.65. The largest absolute Gasteiger partial charge is 0.497 e. The lowest BCUT2D eigenvalue weighted by molar-refractivity contribution is -0.0601. The Hall–Kier alpha value is -1.11. The fraction of sp³-hybridized carbons (Fsp3) is 0.571. The van der Waals surface area contributed by atoms with E-state index in [2.05, 4.69) is 0 Å². The molecule has 0 fully saturated rings. The molecule has 1 aromatic rings. The molecule has 1 unspecified atom stereocenters. The molecule has 0 spiro atoms. The van der Waals surface area contributed by atoms with E-state index in [-0.39, 0.29) is 6.61 Å². The van der Waals surface area contributed by atoms with Crippen LogP contribution in [0.3, 0.4) is 0 Å². The molecular formula is C14H20O5S. The Labute approximate surface area is 120 Å². The molecule has 1 aromatic carbocycles. The van der Waals surface area contributed by atoms with Crippen molar-refractivity contribution in [2.45, 2.75) is 24.9 Å². The Morgan fingerprint density at radius 1 is 1.30 bits per heavy atom. The summed E-state index contributed by atoms with van der Waals surface area (Å²) in [5.41, 5.74) is 1.37. The Bertz CT molecular complexity index is 581. The first kappa shape index (κ1) is 15.3. The van der Waals surface area contributed by atoms with Crippen LogP contribution in [0.2, 0.25) is 0 Å². The minimum Gasteiger partial charge on any atom is -0.497 e. The molecule has 0 N–H and O–H groups in total. The number of rotatable bonds is 5. The van der Waals surface area contributed by atoms with E-state index >= 15 is 0 Å². The number of ether oxygens (including phenoxy) is 2. The van der Waals surface area contributed by atoms with Gasteiger partial charge in [-0.25, -0.2) is 0 Å². The summed E-state index contributed by atoms with van der Waals surface area (Å²) in [4.78, 5) is 0. The maximum absolute atomic E-state index is 11.3. The van der Waals surface area contributed by atoms with Gasteiger partial charge in [0.2, 0.25) is 0 Å². The molecule has 20 heavy (non-hydrogen) atoms. The highest BCUT2D eigenvalue weighted by atomic mass is 32.2. The van der Waals surface area contributed by atoms with Gasteiger partial charge in [-0.3, -0.25) is 4.18 Å². The minimum atomic E-state index is -3.50. The predicted octanol–water partition coefficient (Wildman–Crippen LogP) is 1.85. The molecule has 0 amide bonds. The van der Waals surface area contributed by atoms with Gasteiger partial charge in [-0.05, 0) is 42.5 Å². The van der Waals surface area contributed by atoms with E-state index in [0.717, 1.165) is 42.4 Å². The summed E-state index contributed by atoms with van der Waals surface area (Å²) >= 11 is 0. The smallest absolute Gasteiger partial charge is 0.264 e. The fourth-order valence-corrected chi connectivity index (χ4v) is 3.05.